The smallest absolute Gasteiger partial charge is 0.450 e. The lowest BCUT2D eigenvalue weighted by molar-refractivity contribution is 0.0936. The zero-order valence-electron chi connectivity index (χ0n) is 7.28. The first-order valence-electron chi connectivity index (χ1n) is 3.53. The van der Waals surface area contributed by atoms with Gasteiger partial charge in [0.2, 0.25) is 0 Å². The van der Waals surface area contributed by atoms with Gasteiger partial charge in [-0.05, 0) is 6.92 Å². The van der Waals surface area contributed by atoms with Gasteiger partial charge in [-0.1, -0.05) is 0 Å². The van der Waals surface area contributed by atoms with Crippen molar-refractivity contribution in [3.63, 3.8) is 0 Å². The second kappa shape index (κ2) is 12.7. The van der Waals surface area contributed by atoms with Crippen LogP contribution in [0, 0.1) is 22.8 Å². The van der Waals surface area contributed by atoms with Crippen LogP contribution in [-0.2, 0) is 4.74 Å². The molecule has 0 aromatic carbocycles. The van der Waals surface area contributed by atoms with Crippen molar-refractivity contribution in [3.8, 4) is 12.3 Å². The Balaban J connectivity index is 0. The zero-order valence-corrected chi connectivity index (χ0v) is 7.28. The number of nitrogens with one attached hydrogen (secondary N) is 1. The Morgan fingerprint density at radius 2 is 2.23 bits per heavy atom. The fourth-order valence-corrected chi connectivity index (χ4v) is 0.263. The molecule has 13 heavy (non-hydrogen) atoms. The van der Waals surface area contributed by atoms with E-state index in [1.165, 1.54) is 0 Å². The number of hydrogen-bond donors (Lipinski definition) is 2. The van der Waals surface area contributed by atoms with Crippen molar-refractivity contribution in [2.45, 2.75) is 13.3 Å². The van der Waals surface area contributed by atoms with Crippen molar-refractivity contribution in [3.05, 3.63) is 0 Å². The van der Waals surface area contributed by atoms with Gasteiger partial charge >= 0.3 is 6.16 Å². The summed E-state index contributed by atoms with van der Waals surface area (Å²) in [7, 11) is 0. The molecule has 0 aliphatic carbocycles. The van der Waals surface area contributed by atoms with Crippen LogP contribution in [0.1, 0.15) is 13.3 Å². The minimum Gasteiger partial charge on any atom is -0.450 e. The lowest BCUT2D eigenvalue weighted by Gasteiger charge is -1.90. The summed E-state index contributed by atoms with van der Waals surface area (Å²) in [5.74, 6) is 0. The van der Waals surface area contributed by atoms with Crippen molar-refractivity contribution in [2.75, 3.05) is 13.2 Å². The van der Waals surface area contributed by atoms with Gasteiger partial charge in [0.25, 0.3) is 0 Å². The molecular formula is C7H11N3O3. The van der Waals surface area contributed by atoms with E-state index in [1.54, 1.807) is 12.3 Å². The highest BCUT2D eigenvalue weighted by Gasteiger charge is 1.91. The third-order valence-corrected chi connectivity index (χ3v) is 0.695. The molecule has 6 nitrogen and oxygen atoms in total. The highest BCUT2D eigenvalue weighted by atomic mass is 16.7. The molecule has 0 spiro atoms. The van der Waals surface area contributed by atoms with Crippen molar-refractivity contribution in [1.29, 1.82) is 10.5 Å². The molecule has 72 valence electrons. The monoisotopic (exact) mass is 185 g/mol. The number of nitrogens with zero attached hydrogens (tertiary/aromatic N) is 2. The second-order valence-electron chi connectivity index (χ2n) is 1.66. The van der Waals surface area contributed by atoms with Gasteiger partial charge in [-0.2, -0.15) is 10.5 Å². The van der Waals surface area contributed by atoms with E-state index in [4.69, 9.17) is 15.6 Å². The van der Waals surface area contributed by atoms with Crippen LogP contribution in [-0.4, -0.2) is 24.4 Å². The van der Waals surface area contributed by atoms with Crippen LogP contribution in [0.3, 0.4) is 0 Å². The predicted octanol–water partition coefficient (Wildman–Crippen LogP) is 0.672. The van der Waals surface area contributed by atoms with Crippen molar-refractivity contribution < 1.29 is 14.6 Å². The number of rotatable bonds is 3. The van der Waals surface area contributed by atoms with Crippen molar-refractivity contribution in [2.24, 2.45) is 0 Å². The van der Waals surface area contributed by atoms with Crippen LogP contribution in [0.15, 0.2) is 0 Å². The fourth-order valence-electron chi connectivity index (χ4n) is 0.263. The normalized spacial score (nSPS) is 6.69. The van der Waals surface area contributed by atoms with Crippen LogP contribution in [0.2, 0.25) is 0 Å². The van der Waals surface area contributed by atoms with Gasteiger partial charge in [-0.15, -0.1) is 0 Å². The number of carbonyl (C=O) groups is 1. The summed E-state index contributed by atoms with van der Waals surface area (Å²) in [6, 6.07) is 1.73. The van der Waals surface area contributed by atoms with E-state index in [-0.39, 0.29) is 13.0 Å². The summed E-state index contributed by atoms with van der Waals surface area (Å²) < 4.78 is 3.98. The maximum atomic E-state index is 9.54. The van der Waals surface area contributed by atoms with Gasteiger partial charge in [0.05, 0.1) is 12.5 Å². The maximum Gasteiger partial charge on any atom is 0.505 e. The van der Waals surface area contributed by atoms with E-state index in [2.05, 4.69) is 10.1 Å². The lowest BCUT2D eigenvalue weighted by atomic mass is 10.5. The Bertz CT molecular complexity index is 204. The highest BCUT2D eigenvalue weighted by Crippen LogP contribution is 1.78. The number of hydrogen-bond acceptors (Lipinski definition) is 5. The predicted molar refractivity (Wildman–Crippen MR) is 43.5 cm³/mol. The Morgan fingerprint density at radius 1 is 1.62 bits per heavy atom. The first kappa shape index (κ1) is 13.6. The van der Waals surface area contributed by atoms with E-state index in [0.29, 0.717) is 0 Å². The highest BCUT2D eigenvalue weighted by molar-refractivity contribution is 5.56. The molecule has 0 unspecified atom stereocenters. The molecule has 0 aliphatic heterocycles. The van der Waals surface area contributed by atoms with Gasteiger partial charge in [0.15, 0.2) is 6.19 Å². The van der Waals surface area contributed by atoms with E-state index >= 15 is 0 Å². The molecule has 0 radical (unpaired) electrons. The molecule has 0 aromatic rings. The van der Waals surface area contributed by atoms with E-state index < -0.39 is 6.16 Å². The molecule has 0 bridgehead atoms. The molecule has 0 aromatic heterocycles. The summed E-state index contributed by atoms with van der Waals surface area (Å²) in [6.45, 7) is 2.57. The maximum absolute atomic E-state index is 9.54. The lowest BCUT2D eigenvalue weighted by Crippen LogP contribution is -2.00. The van der Waals surface area contributed by atoms with Crippen LogP contribution in [0.4, 0.5) is 4.79 Å². The Kier molecular flexibility index (Phi) is 13.3. The van der Waals surface area contributed by atoms with Crippen LogP contribution < -0.4 is 5.32 Å². The summed E-state index contributed by atoms with van der Waals surface area (Å²) in [4.78, 5) is 9.54. The van der Waals surface area contributed by atoms with Gasteiger partial charge in [-0.3, -0.25) is 0 Å². The molecule has 0 atom stereocenters. The quantitative estimate of drug-likeness (QED) is 0.289. The SMILES string of the molecule is CCNC#N.N#CCCOC(=O)O. The molecule has 0 rings (SSSR count). The summed E-state index contributed by atoms with van der Waals surface area (Å²) in [6.07, 6.45) is 0.552. The van der Waals surface area contributed by atoms with E-state index in [0.717, 1.165) is 6.54 Å². The summed E-state index contributed by atoms with van der Waals surface area (Å²) >= 11 is 0. The molecule has 0 amide bonds. The molecule has 0 heterocycles. The Labute approximate surface area is 76.3 Å². The van der Waals surface area contributed by atoms with Crippen LogP contribution >= 0.6 is 0 Å². The number of carboxylic acid groups (broad SMARTS) is 1. The first-order chi connectivity index (χ1) is 6.18. The molecule has 6 heteroatoms. The van der Waals surface area contributed by atoms with Crippen LogP contribution in [0.25, 0.3) is 0 Å². The largest absolute Gasteiger partial charge is 0.505 e. The topological polar surface area (TPSA) is 106 Å². The van der Waals surface area contributed by atoms with Gasteiger partial charge < -0.3 is 15.2 Å². The first-order valence-corrected chi connectivity index (χ1v) is 3.53. The average Bonchev–Trinajstić information content (AvgIpc) is 2.07. The zero-order chi connectivity index (χ0) is 10.5. The Morgan fingerprint density at radius 3 is 2.46 bits per heavy atom. The average molecular weight is 185 g/mol. The van der Waals surface area contributed by atoms with Gasteiger partial charge in [0, 0.05) is 6.54 Å². The van der Waals surface area contributed by atoms with Gasteiger partial charge in [-0.25, -0.2) is 4.79 Å². The number of ether oxygens (including phenoxy) is 1. The molecule has 0 fully saturated rings. The van der Waals surface area contributed by atoms with E-state index in [9.17, 15) is 4.79 Å². The van der Waals surface area contributed by atoms with Crippen molar-refractivity contribution in [1.82, 2.24) is 5.32 Å². The third-order valence-electron chi connectivity index (χ3n) is 0.695. The van der Waals surface area contributed by atoms with E-state index in [1.807, 2.05) is 6.92 Å². The van der Waals surface area contributed by atoms with Crippen molar-refractivity contribution >= 4 is 6.16 Å². The Hall–Kier alpha value is -1.95. The van der Waals surface area contributed by atoms with Gasteiger partial charge in [0.1, 0.15) is 6.61 Å². The molecule has 2 N–H and O–H groups in total. The second-order valence-corrected chi connectivity index (χ2v) is 1.66. The third kappa shape index (κ3) is 25.5. The fraction of sp³-hybridized carbons (Fsp3) is 0.571. The molecular weight excluding hydrogens is 174 g/mol. The number of nitriles is 2. The van der Waals surface area contributed by atoms with Crippen LogP contribution in [0.5, 0.6) is 0 Å². The minimum atomic E-state index is -1.33. The minimum absolute atomic E-state index is 0.0359. The summed E-state index contributed by atoms with van der Waals surface area (Å²) in [5, 5.41) is 25.8. The molecule has 0 aliphatic rings. The molecule has 0 saturated heterocycles. The standard InChI is InChI=1S/C4H5NO3.C3H6N2/c5-2-1-3-8-4(6)7;1-2-5-3-4/h1,3H2,(H,6,7);5H,2H2,1H3. The summed E-state index contributed by atoms with van der Waals surface area (Å²) in [5.41, 5.74) is 0. The molecule has 0 saturated carbocycles.